The fraction of sp³-hybridized carbons (Fsp3) is 0.562. The molecule has 3 heteroatoms. The SMILES string of the molecule is NC(=O)C(NCc1ccccc1)C1CCCCCC1. The molecule has 1 atom stereocenters. The van der Waals surface area contributed by atoms with Crippen LogP contribution in [0.4, 0.5) is 0 Å². The lowest BCUT2D eigenvalue weighted by molar-refractivity contribution is -0.121. The number of amides is 1. The van der Waals surface area contributed by atoms with Crippen molar-refractivity contribution in [2.45, 2.75) is 51.1 Å². The zero-order valence-corrected chi connectivity index (χ0v) is 11.5. The predicted octanol–water partition coefficient (Wildman–Crippen LogP) is 2.60. The van der Waals surface area contributed by atoms with Gasteiger partial charge in [0.05, 0.1) is 6.04 Å². The minimum Gasteiger partial charge on any atom is -0.368 e. The molecule has 0 aliphatic heterocycles. The van der Waals surface area contributed by atoms with Crippen molar-refractivity contribution in [2.24, 2.45) is 11.7 Å². The van der Waals surface area contributed by atoms with Crippen molar-refractivity contribution in [3.05, 3.63) is 35.9 Å². The highest BCUT2D eigenvalue weighted by atomic mass is 16.1. The number of primary amides is 1. The first-order valence-corrected chi connectivity index (χ1v) is 7.34. The van der Waals surface area contributed by atoms with Crippen LogP contribution in [0.15, 0.2) is 30.3 Å². The Hall–Kier alpha value is -1.35. The average Bonchev–Trinajstić information content (AvgIpc) is 2.69. The van der Waals surface area contributed by atoms with Gasteiger partial charge in [-0.1, -0.05) is 56.0 Å². The quantitative estimate of drug-likeness (QED) is 0.800. The van der Waals surface area contributed by atoms with Gasteiger partial charge in [0.2, 0.25) is 5.91 Å². The molecule has 1 aromatic carbocycles. The van der Waals surface area contributed by atoms with Crippen molar-refractivity contribution in [1.29, 1.82) is 0 Å². The van der Waals surface area contributed by atoms with E-state index >= 15 is 0 Å². The molecular weight excluding hydrogens is 236 g/mol. The molecule has 1 unspecified atom stereocenters. The second-order valence-electron chi connectivity index (χ2n) is 5.50. The predicted molar refractivity (Wildman–Crippen MR) is 77.5 cm³/mol. The fourth-order valence-corrected chi connectivity index (χ4v) is 2.97. The summed E-state index contributed by atoms with van der Waals surface area (Å²) in [6, 6.07) is 9.99. The Kier molecular flexibility index (Phi) is 5.40. The van der Waals surface area contributed by atoms with Gasteiger partial charge in [-0.3, -0.25) is 4.79 Å². The molecule has 1 amide bonds. The van der Waals surface area contributed by atoms with Crippen LogP contribution in [0.5, 0.6) is 0 Å². The fourth-order valence-electron chi connectivity index (χ4n) is 2.97. The van der Waals surface area contributed by atoms with Gasteiger partial charge in [0.1, 0.15) is 0 Å². The minimum atomic E-state index is -0.206. The Bertz CT molecular complexity index is 383. The van der Waals surface area contributed by atoms with Gasteiger partial charge in [0, 0.05) is 6.54 Å². The molecule has 0 bridgehead atoms. The molecule has 3 nitrogen and oxygen atoms in total. The Morgan fingerprint density at radius 1 is 1.16 bits per heavy atom. The van der Waals surface area contributed by atoms with Crippen LogP contribution in [0.3, 0.4) is 0 Å². The molecule has 1 aromatic rings. The van der Waals surface area contributed by atoms with E-state index < -0.39 is 0 Å². The summed E-state index contributed by atoms with van der Waals surface area (Å²) in [5, 5.41) is 3.36. The summed E-state index contributed by atoms with van der Waals surface area (Å²) in [5.74, 6) is 0.201. The van der Waals surface area contributed by atoms with E-state index in [1.54, 1.807) is 0 Å². The van der Waals surface area contributed by atoms with Crippen molar-refractivity contribution in [3.8, 4) is 0 Å². The van der Waals surface area contributed by atoms with E-state index in [1.807, 2.05) is 18.2 Å². The first-order chi connectivity index (χ1) is 9.27. The zero-order valence-electron chi connectivity index (χ0n) is 11.5. The molecule has 0 spiro atoms. The van der Waals surface area contributed by atoms with Crippen LogP contribution in [0.1, 0.15) is 44.1 Å². The molecule has 0 heterocycles. The molecule has 2 rings (SSSR count). The van der Waals surface area contributed by atoms with Gasteiger partial charge in [-0.25, -0.2) is 0 Å². The largest absolute Gasteiger partial charge is 0.368 e. The molecule has 19 heavy (non-hydrogen) atoms. The molecule has 1 saturated carbocycles. The van der Waals surface area contributed by atoms with E-state index in [0.29, 0.717) is 12.5 Å². The smallest absolute Gasteiger partial charge is 0.234 e. The van der Waals surface area contributed by atoms with Crippen molar-refractivity contribution in [2.75, 3.05) is 0 Å². The second kappa shape index (κ2) is 7.29. The standard InChI is InChI=1S/C16H24N2O/c17-16(19)15(14-10-6-1-2-7-11-14)18-12-13-8-4-3-5-9-13/h3-5,8-9,14-15,18H,1-2,6-7,10-12H2,(H2,17,19). The van der Waals surface area contributed by atoms with E-state index in [4.69, 9.17) is 5.73 Å². The Balaban J connectivity index is 1.93. The molecule has 3 N–H and O–H groups in total. The number of carbonyl (C=O) groups is 1. The monoisotopic (exact) mass is 260 g/mol. The van der Waals surface area contributed by atoms with Crippen LogP contribution < -0.4 is 11.1 Å². The highest BCUT2D eigenvalue weighted by Crippen LogP contribution is 2.25. The molecule has 1 aliphatic carbocycles. The first-order valence-electron chi connectivity index (χ1n) is 7.34. The second-order valence-corrected chi connectivity index (χ2v) is 5.50. The number of benzene rings is 1. The van der Waals surface area contributed by atoms with Crippen molar-refractivity contribution < 1.29 is 4.79 Å². The number of hydrogen-bond acceptors (Lipinski definition) is 2. The highest BCUT2D eigenvalue weighted by Gasteiger charge is 2.26. The third kappa shape index (κ3) is 4.35. The van der Waals surface area contributed by atoms with E-state index in [-0.39, 0.29) is 11.9 Å². The Morgan fingerprint density at radius 3 is 2.37 bits per heavy atom. The topological polar surface area (TPSA) is 55.1 Å². The van der Waals surface area contributed by atoms with E-state index in [1.165, 1.54) is 31.2 Å². The van der Waals surface area contributed by atoms with E-state index in [0.717, 1.165) is 12.8 Å². The summed E-state index contributed by atoms with van der Waals surface area (Å²) in [5.41, 5.74) is 6.78. The van der Waals surface area contributed by atoms with Crippen LogP contribution in [0.2, 0.25) is 0 Å². The van der Waals surface area contributed by atoms with E-state index in [9.17, 15) is 4.79 Å². The summed E-state index contributed by atoms with van der Waals surface area (Å²) < 4.78 is 0. The van der Waals surface area contributed by atoms with Crippen LogP contribution in [-0.2, 0) is 11.3 Å². The minimum absolute atomic E-state index is 0.182. The molecule has 1 fully saturated rings. The molecule has 0 aromatic heterocycles. The van der Waals surface area contributed by atoms with E-state index in [2.05, 4.69) is 17.4 Å². The number of carbonyl (C=O) groups excluding carboxylic acids is 1. The van der Waals surface area contributed by atoms with Crippen molar-refractivity contribution in [1.82, 2.24) is 5.32 Å². The van der Waals surface area contributed by atoms with Crippen molar-refractivity contribution in [3.63, 3.8) is 0 Å². The maximum Gasteiger partial charge on any atom is 0.234 e. The molecular formula is C16H24N2O. The summed E-state index contributed by atoms with van der Waals surface area (Å²) in [7, 11) is 0. The summed E-state index contributed by atoms with van der Waals surface area (Å²) in [6.07, 6.45) is 7.27. The highest BCUT2D eigenvalue weighted by molar-refractivity contribution is 5.80. The number of rotatable bonds is 5. The Morgan fingerprint density at radius 2 is 1.79 bits per heavy atom. The van der Waals surface area contributed by atoms with Crippen LogP contribution in [0, 0.1) is 5.92 Å². The zero-order chi connectivity index (χ0) is 13.5. The van der Waals surface area contributed by atoms with Gasteiger partial charge < -0.3 is 11.1 Å². The molecule has 0 saturated heterocycles. The number of hydrogen-bond donors (Lipinski definition) is 2. The molecule has 1 aliphatic rings. The molecule has 0 radical (unpaired) electrons. The third-order valence-corrected chi connectivity index (χ3v) is 4.05. The number of nitrogens with two attached hydrogens (primary N) is 1. The Labute approximate surface area is 115 Å². The van der Waals surface area contributed by atoms with Crippen LogP contribution >= 0.6 is 0 Å². The summed E-state index contributed by atoms with van der Waals surface area (Å²) >= 11 is 0. The average molecular weight is 260 g/mol. The summed E-state index contributed by atoms with van der Waals surface area (Å²) in [4.78, 5) is 11.7. The van der Waals surface area contributed by atoms with Gasteiger partial charge in [-0.15, -0.1) is 0 Å². The lowest BCUT2D eigenvalue weighted by Crippen LogP contribution is -2.46. The van der Waals surface area contributed by atoms with Gasteiger partial charge in [0.15, 0.2) is 0 Å². The van der Waals surface area contributed by atoms with Crippen LogP contribution in [-0.4, -0.2) is 11.9 Å². The van der Waals surface area contributed by atoms with Gasteiger partial charge >= 0.3 is 0 Å². The van der Waals surface area contributed by atoms with Gasteiger partial charge in [-0.05, 0) is 24.3 Å². The molecule has 104 valence electrons. The lowest BCUT2D eigenvalue weighted by atomic mass is 9.91. The first kappa shape index (κ1) is 14.1. The van der Waals surface area contributed by atoms with Crippen LogP contribution in [0.25, 0.3) is 0 Å². The maximum absolute atomic E-state index is 11.7. The summed E-state index contributed by atoms with van der Waals surface area (Å²) in [6.45, 7) is 0.713. The third-order valence-electron chi connectivity index (χ3n) is 4.05. The normalized spacial score (nSPS) is 18.7. The number of nitrogens with one attached hydrogen (secondary N) is 1. The van der Waals surface area contributed by atoms with Gasteiger partial charge in [-0.2, -0.15) is 0 Å². The lowest BCUT2D eigenvalue weighted by Gasteiger charge is -2.24. The van der Waals surface area contributed by atoms with Gasteiger partial charge in [0.25, 0.3) is 0 Å². The maximum atomic E-state index is 11.7. The van der Waals surface area contributed by atoms with Crippen molar-refractivity contribution >= 4 is 5.91 Å².